The lowest BCUT2D eigenvalue weighted by atomic mass is 9.78. The molecule has 0 spiro atoms. The number of hydrogen-bond acceptors (Lipinski definition) is 4. The molecule has 1 aliphatic rings. The zero-order chi connectivity index (χ0) is 17.8. The van der Waals surface area contributed by atoms with Gasteiger partial charge in [0.05, 0.1) is 17.4 Å². The second-order valence-electron chi connectivity index (χ2n) is 6.37. The van der Waals surface area contributed by atoms with E-state index >= 15 is 0 Å². The lowest BCUT2D eigenvalue weighted by molar-refractivity contribution is -0.858. The molecule has 2 aromatic carbocycles. The molecule has 5 nitrogen and oxygen atoms in total. The molecule has 0 saturated carbocycles. The fraction of sp³-hybridized carbons (Fsp3) is 0.350. The Morgan fingerprint density at radius 1 is 1.08 bits per heavy atom. The average molecular weight is 340 g/mol. The predicted octanol–water partition coefficient (Wildman–Crippen LogP) is 3.63. The van der Waals surface area contributed by atoms with E-state index < -0.39 is 18.2 Å². The van der Waals surface area contributed by atoms with Crippen LogP contribution in [0.5, 0.6) is 0 Å². The van der Waals surface area contributed by atoms with Gasteiger partial charge in [-0.25, -0.2) is 0 Å². The van der Waals surface area contributed by atoms with Gasteiger partial charge in [0.25, 0.3) is 12.3 Å². The van der Waals surface area contributed by atoms with Crippen LogP contribution in [0.2, 0.25) is 0 Å². The minimum Gasteiger partial charge on any atom is -0.332 e. The fourth-order valence-corrected chi connectivity index (χ4v) is 3.36. The van der Waals surface area contributed by atoms with Crippen molar-refractivity contribution in [3.63, 3.8) is 0 Å². The van der Waals surface area contributed by atoms with E-state index in [1.165, 1.54) is 6.92 Å². The molecule has 0 amide bonds. The van der Waals surface area contributed by atoms with E-state index in [0.29, 0.717) is 4.92 Å². The van der Waals surface area contributed by atoms with Gasteiger partial charge in [-0.3, -0.25) is 4.79 Å². The highest BCUT2D eigenvalue weighted by atomic mass is 16.8. The summed E-state index contributed by atoms with van der Waals surface area (Å²) in [6.45, 7) is 3.57. The molecule has 0 radical (unpaired) electrons. The molecule has 5 heteroatoms. The quantitative estimate of drug-likeness (QED) is 0.834. The number of benzene rings is 2. The highest BCUT2D eigenvalue weighted by Crippen LogP contribution is 2.38. The monoisotopic (exact) mass is 340 g/mol. The number of ether oxygens (including phenoxy) is 1. The number of carbonyl (C=O) groups excluding carboxylic acids is 1. The molecule has 130 valence electrons. The van der Waals surface area contributed by atoms with Crippen molar-refractivity contribution in [2.75, 3.05) is 0 Å². The lowest BCUT2D eigenvalue weighted by Gasteiger charge is -2.33. The van der Waals surface area contributed by atoms with Gasteiger partial charge in [0.15, 0.2) is 0 Å². The summed E-state index contributed by atoms with van der Waals surface area (Å²) >= 11 is 0. The predicted molar refractivity (Wildman–Crippen MR) is 92.5 cm³/mol. The van der Waals surface area contributed by atoms with Crippen molar-refractivity contribution in [2.24, 2.45) is 5.92 Å². The van der Waals surface area contributed by atoms with Crippen molar-refractivity contribution in [3.05, 3.63) is 76.7 Å². The second kappa shape index (κ2) is 7.57. The molecule has 0 N–H and O–H groups in total. The van der Waals surface area contributed by atoms with Gasteiger partial charge in [-0.15, -0.1) is 0 Å². The minimum atomic E-state index is -0.906. The maximum Gasteiger partial charge on any atom is 0.286 e. The summed E-state index contributed by atoms with van der Waals surface area (Å²) in [5, 5.41) is 0. The Labute approximate surface area is 147 Å². The number of hydrogen-bond donors (Lipinski definition) is 0. The molecule has 2 aromatic rings. The van der Waals surface area contributed by atoms with E-state index in [4.69, 9.17) is 9.57 Å². The highest BCUT2D eigenvalue weighted by Gasteiger charge is 2.53. The summed E-state index contributed by atoms with van der Waals surface area (Å²) in [4.78, 5) is 30.6. The SMILES string of the molecule is CC(=O)C1C(OCc2ccccc2)O[N+](=O)C(C)C1c1ccccc1. The van der Waals surface area contributed by atoms with Crippen LogP contribution < -0.4 is 0 Å². The summed E-state index contributed by atoms with van der Waals surface area (Å²) in [6.07, 6.45) is -0.906. The summed E-state index contributed by atoms with van der Waals surface area (Å²) in [5.74, 6) is -0.871. The maximum absolute atomic E-state index is 12.4. The average Bonchev–Trinajstić information content (AvgIpc) is 2.63. The van der Waals surface area contributed by atoms with Crippen LogP contribution in [0, 0.1) is 10.8 Å². The Morgan fingerprint density at radius 2 is 1.68 bits per heavy atom. The molecular formula is C20H22NO4+. The molecule has 25 heavy (non-hydrogen) atoms. The largest absolute Gasteiger partial charge is 0.332 e. The van der Waals surface area contributed by atoms with E-state index in [0.717, 1.165) is 11.1 Å². The molecule has 0 bridgehead atoms. The first kappa shape index (κ1) is 17.3. The molecule has 1 fully saturated rings. The molecule has 4 atom stereocenters. The van der Waals surface area contributed by atoms with Crippen molar-refractivity contribution < 1.29 is 19.3 Å². The van der Waals surface area contributed by atoms with Crippen molar-refractivity contribution >= 4 is 5.78 Å². The van der Waals surface area contributed by atoms with Gasteiger partial charge in [-0.05, 0) is 18.1 Å². The van der Waals surface area contributed by atoms with Gasteiger partial charge < -0.3 is 4.74 Å². The van der Waals surface area contributed by atoms with Crippen LogP contribution in [0.3, 0.4) is 0 Å². The van der Waals surface area contributed by atoms with Crippen LogP contribution in [0.15, 0.2) is 60.7 Å². The van der Waals surface area contributed by atoms with Gasteiger partial charge in [0.1, 0.15) is 11.7 Å². The van der Waals surface area contributed by atoms with Gasteiger partial charge in [0.2, 0.25) is 4.92 Å². The van der Waals surface area contributed by atoms with Crippen LogP contribution in [0.1, 0.15) is 30.9 Å². The molecular weight excluding hydrogens is 318 g/mol. The molecule has 1 saturated heterocycles. The molecule has 1 aliphatic heterocycles. The van der Waals surface area contributed by atoms with Crippen LogP contribution >= 0.6 is 0 Å². The minimum absolute atomic E-state index is 0.0492. The fourth-order valence-electron chi connectivity index (χ4n) is 3.36. The number of ketones is 1. The van der Waals surface area contributed by atoms with E-state index in [2.05, 4.69) is 0 Å². The Hall–Kier alpha value is -2.53. The van der Waals surface area contributed by atoms with E-state index in [9.17, 15) is 9.70 Å². The molecule has 3 rings (SSSR count). The summed E-state index contributed by atoms with van der Waals surface area (Å²) in [6, 6.07) is 18.7. The van der Waals surface area contributed by atoms with E-state index in [1.807, 2.05) is 60.7 Å². The Morgan fingerprint density at radius 3 is 2.28 bits per heavy atom. The zero-order valence-electron chi connectivity index (χ0n) is 14.4. The Bertz CT molecular complexity index is 732. The van der Waals surface area contributed by atoms with Crippen LogP contribution in [0.25, 0.3) is 0 Å². The molecule has 0 aliphatic carbocycles. The first-order valence-electron chi connectivity index (χ1n) is 8.42. The van der Waals surface area contributed by atoms with Gasteiger partial charge >= 0.3 is 0 Å². The zero-order valence-corrected chi connectivity index (χ0v) is 14.4. The summed E-state index contributed by atoms with van der Waals surface area (Å²) in [7, 11) is 0. The Kier molecular flexibility index (Phi) is 5.24. The van der Waals surface area contributed by atoms with Crippen molar-refractivity contribution in [1.82, 2.24) is 0 Å². The van der Waals surface area contributed by atoms with Crippen LogP contribution in [0.4, 0.5) is 0 Å². The smallest absolute Gasteiger partial charge is 0.286 e. The third-order valence-electron chi connectivity index (χ3n) is 4.65. The summed E-state index contributed by atoms with van der Waals surface area (Å²) < 4.78 is 5.83. The normalized spacial score (nSPS) is 26.1. The topological polar surface area (TPSA) is 55.6 Å². The number of nitrogens with zero attached hydrogens (tertiary/aromatic N) is 1. The van der Waals surface area contributed by atoms with Gasteiger partial charge in [0, 0.05) is 6.92 Å². The van der Waals surface area contributed by atoms with Crippen molar-refractivity contribution in [2.45, 2.75) is 38.7 Å². The molecule has 0 aromatic heterocycles. The first-order valence-corrected chi connectivity index (χ1v) is 8.42. The van der Waals surface area contributed by atoms with Crippen LogP contribution in [-0.2, 0) is 21.0 Å². The molecule has 4 unspecified atom stereocenters. The Balaban J connectivity index is 1.86. The standard InChI is InChI=1S/C20H22NO4/c1-14-18(17-11-7-4-8-12-17)19(15(2)22)20(25-21(14)23)24-13-16-9-5-3-6-10-16/h3-12,14,18-20H,13H2,1-2H3/q+1. The van der Waals surface area contributed by atoms with E-state index in [1.54, 1.807) is 6.92 Å². The van der Waals surface area contributed by atoms with Crippen molar-refractivity contribution in [1.29, 1.82) is 0 Å². The number of rotatable bonds is 5. The maximum atomic E-state index is 12.4. The third-order valence-corrected chi connectivity index (χ3v) is 4.65. The first-order chi connectivity index (χ1) is 12.1. The van der Waals surface area contributed by atoms with Crippen molar-refractivity contribution in [3.8, 4) is 0 Å². The van der Waals surface area contributed by atoms with E-state index in [-0.39, 0.29) is 18.3 Å². The number of carbonyl (C=O) groups is 1. The molecule has 1 heterocycles. The summed E-state index contributed by atoms with van der Waals surface area (Å²) in [5.41, 5.74) is 1.90. The van der Waals surface area contributed by atoms with Crippen LogP contribution in [-0.4, -0.2) is 23.0 Å². The highest BCUT2D eigenvalue weighted by molar-refractivity contribution is 5.80. The van der Waals surface area contributed by atoms with Gasteiger partial charge in [-0.2, -0.15) is 4.84 Å². The lowest BCUT2D eigenvalue weighted by Crippen LogP contribution is -2.50. The van der Waals surface area contributed by atoms with Gasteiger partial charge in [-0.1, -0.05) is 60.7 Å². The third kappa shape index (κ3) is 3.77. The second-order valence-corrected chi connectivity index (χ2v) is 6.37. The number of Topliss-reactive ketones (excluding diaryl/α,β-unsaturated/α-hetero) is 1.